The normalized spacial score (nSPS) is 14.5. The Kier molecular flexibility index (Phi) is 4.01. The first-order valence-corrected chi connectivity index (χ1v) is 6.06. The van der Waals surface area contributed by atoms with Gasteiger partial charge in [0, 0.05) is 26.6 Å². The van der Waals surface area contributed by atoms with Crippen LogP contribution in [0.15, 0.2) is 6.20 Å². The van der Waals surface area contributed by atoms with Gasteiger partial charge in [-0.25, -0.2) is 9.36 Å². The van der Waals surface area contributed by atoms with Gasteiger partial charge in [0.05, 0.1) is 18.8 Å². The van der Waals surface area contributed by atoms with Crippen molar-refractivity contribution >= 4 is 6.09 Å². The lowest BCUT2D eigenvalue weighted by Gasteiger charge is -2.15. The van der Waals surface area contributed by atoms with Crippen molar-refractivity contribution < 1.29 is 23.6 Å². The molecular formula is C13H19N2O4+. The summed E-state index contributed by atoms with van der Waals surface area (Å²) in [5, 5.41) is 0. The van der Waals surface area contributed by atoms with Gasteiger partial charge in [-0.2, -0.15) is 0 Å². The molecule has 0 radical (unpaired) electrons. The first kappa shape index (κ1) is 13.8. The third-order valence-electron chi connectivity index (χ3n) is 3.09. The Bertz CT molecular complexity index is 500. The smallest absolute Gasteiger partial charge is 0.403 e. The van der Waals surface area contributed by atoms with Crippen LogP contribution in [-0.2, 0) is 29.7 Å². The Labute approximate surface area is 112 Å². The standard InChI is InChI=1S/C13H19N2O4/c1-9-12(19-13(16)14(2)3)11-7-18-8-17-6-10(11)5-15(9)4/h5H,6-8H2,1-4H3/q+1. The molecule has 6 nitrogen and oxygen atoms in total. The number of aryl methyl sites for hydroxylation is 1. The van der Waals surface area contributed by atoms with Gasteiger partial charge in [-0.1, -0.05) is 0 Å². The SMILES string of the molecule is Cc1c(OC(=O)N(C)C)c2c(c[n+]1C)COCOC2. The molecule has 0 N–H and O–H groups in total. The summed E-state index contributed by atoms with van der Waals surface area (Å²) in [7, 11) is 5.21. The third kappa shape index (κ3) is 2.85. The molecule has 1 aliphatic heterocycles. The van der Waals surface area contributed by atoms with Crippen LogP contribution in [0, 0.1) is 6.92 Å². The molecule has 0 spiro atoms. The molecule has 1 aromatic rings. The zero-order valence-electron chi connectivity index (χ0n) is 11.7. The minimum absolute atomic E-state index is 0.249. The van der Waals surface area contributed by atoms with Crippen molar-refractivity contribution in [1.82, 2.24) is 4.90 Å². The summed E-state index contributed by atoms with van der Waals surface area (Å²) in [6.45, 7) is 2.99. The van der Waals surface area contributed by atoms with Crippen LogP contribution in [0.25, 0.3) is 0 Å². The number of fused-ring (bicyclic) bond motifs is 1. The number of amides is 1. The Morgan fingerprint density at radius 2 is 2.05 bits per heavy atom. The maximum absolute atomic E-state index is 11.8. The summed E-state index contributed by atoms with van der Waals surface area (Å²) >= 11 is 0. The molecule has 1 aliphatic rings. The Morgan fingerprint density at radius 1 is 1.37 bits per heavy atom. The molecule has 2 rings (SSSR count). The van der Waals surface area contributed by atoms with E-state index in [0.29, 0.717) is 19.0 Å². The molecule has 19 heavy (non-hydrogen) atoms. The summed E-state index contributed by atoms with van der Waals surface area (Å²) in [6, 6.07) is 0. The number of hydrogen-bond donors (Lipinski definition) is 0. The van der Waals surface area contributed by atoms with E-state index in [-0.39, 0.29) is 6.79 Å². The fourth-order valence-corrected chi connectivity index (χ4v) is 1.88. The quantitative estimate of drug-likeness (QED) is 0.709. The van der Waals surface area contributed by atoms with Crippen LogP contribution < -0.4 is 9.30 Å². The van der Waals surface area contributed by atoms with Crippen molar-refractivity contribution in [3.63, 3.8) is 0 Å². The maximum atomic E-state index is 11.8. The first-order chi connectivity index (χ1) is 9.00. The number of ether oxygens (including phenoxy) is 3. The van der Waals surface area contributed by atoms with E-state index >= 15 is 0 Å². The van der Waals surface area contributed by atoms with Crippen LogP contribution >= 0.6 is 0 Å². The lowest BCUT2D eigenvalue weighted by Crippen LogP contribution is -2.35. The van der Waals surface area contributed by atoms with Gasteiger partial charge in [0.15, 0.2) is 6.20 Å². The number of aromatic nitrogens is 1. The number of hydrogen-bond acceptors (Lipinski definition) is 4. The predicted octanol–water partition coefficient (Wildman–Crippen LogP) is 0.884. The lowest BCUT2D eigenvalue weighted by molar-refractivity contribution is -0.678. The second-order valence-corrected chi connectivity index (χ2v) is 4.74. The lowest BCUT2D eigenvalue weighted by atomic mass is 10.1. The molecule has 2 heterocycles. The Morgan fingerprint density at radius 3 is 2.74 bits per heavy atom. The topological polar surface area (TPSA) is 51.9 Å². The van der Waals surface area contributed by atoms with Crippen molar-refractivity contribution in [1.29, 1.82) is 0 Å². The highest BCUT2D eigenvalue weighted by Crippen LogP contribution is 2.27. The van der Waals surface area contributed by atoms with E-state index in [2.05, 4.69) is 0 Å². The number of rotatable bonds is 1. The molecule has 0 aromatic carbocycles. The van der Waals surface area contributed by atoms with E-state index in [4.69, 9.17) is 14.2 Å². The Hall–Kier alpha value is -1.66. The van der Waals surface area contributed by atoms with Crippen molar-refractivity contribution in [3.05, 3.63) is 23.0 Å². The molecule has 0 aliphatic carbocycles. The number of pyridine rings is 1. The fraction of sp³-hybridized carbons (Fsp3) is 0.538. The number of carbonyl (C=O) groups is 1. The number of nitrogens with zero attached hydrogens (tertiary/aromatic N) is 2. The highest BCUT2D eigenvalue weighted by Gasteiger charge is 2.25. The van der Waals surface area contributed by atoms with E-state index in [1.807, 2.05) is 24.7 Å². The minimum Gasteiger partial charge on any atom is -0.403 e. The van der Waals surface area contributed by atoms with Crippen molar-refractivity contribution in [2.45, 2.75) is 20.1 Å². The molecule has 0 saturated heterocycles. The van der Waals surface area contributed by atoms with Gasteiger partial charge in [0.1, 0.15) is 13.8 Å². The average molecular weight is 267 g/mol. The average Bonchev–Trinajstić information content (AvgIpc) is 2.59. The Balaban J connectivity index is 2.45. The molecule has 0 bridgehead atoms. The molecule has 0 fully saturated rings. The second-order valence-electron chi connectivity index (χ2n) is 4.74. The van der Waals surface area contributed by atoms with Crippen LogP contribution in [0.5, 0.6) is 5.75 Å². The molecule has 1 amide bonds. The van der Waals surface area contributed by atoms with E-state index in [9.17, 15) is 4.79 Å². The van der Waals surface area contributed by atoms with Gasteiger partial charge in [0.2, 0.25) is 11.4 Å². The summed E-state index contributed by atoms with van der Waals surface area (Å²) in [4.78, 5) is 13.2. The predicted molar refractivity (Wildman–Crippen MR) is 66.5 cm³/mol. The summed E-state index contributed by atoms with van der Waals surface area (Å²) < 4.78 is 18.1. The number of carbonyl (C=O) groups excluding carboxylic acids is 1. The zero-order chi connectivity index (χ0) is 14.0. The fourth-order valence-electron chi connectivity index (χ4n) is 1.88. The van der Waals surface area contributed by atoms with E-state index in [0.717, 1.165) is 16.8 Å². The minimum atomic E-state index is -0.401. The van der Waals surface area contributed by atoms with Gasteiger partial charge in [-0.05, 0) is 0 Å². The van der Waals surface area contributed by atoms with E-state index in [1.165, 1.54) is 4.90 Å². The summed E-state index contributed by atoms with van der Waals surface area (Å²) in [5.74, 6) is 0.559. The first-order valence-electron chi connectivity index (χ1n) is 6.06. The van der Waals surface area contributed by atoms with Crippen LogP contribution in [0.3, 0.4) is 0 Å². The van der Waals surface area contributed by atoms with Crippen LogP contribution in [0.2, 0.25) is 0 Å². The largest absolute Gasteiger partial charge is 0.414 e. The van der Waals surface area contributed by atoms with Crippen molar-refractivity contribution in [3.8, 4) is 5.75 Å². The highest BCUT2D eigenvalue weighted by molar-refractivity contribution is 5.70. The van der Waals surface area contributed by atoms with Gasteiger partial charge in [-0.3, -0.25) is 0 Å². The molecule has 1 aromatic heterocycles. The van der Waals surface area contributed by atoms with Gasteiger partial charge in [-0.15, -0.1) is 0 Å². The maximum Gasteiger partial charge on any atom is 0.414 e. The molecule has 0 saturated carbocycles. The van der Waals surface area contributed by atoms with Gasteiger partial charge >= 0.3 is 6.09 Å². The molecule has 0 atom stereocenters. The van der Waals surface area contributed by atoms with Gasteiger partial charge in [0.25, 0.3) is 0 Å². The second kappa shape index (κ2) is 5.54. The summed E-state index contributed by atoms with van der Waals surface area (Å²) in [5.41, 5.74) is 2.73. The third-order valence-corrected chi connectivity index (χ3v) is 3.09. The van der Waals surface area contributed by atoms with E-state index < -0.39 is 6.09 Å². The van der Waals surface area contributed by atoms with E-state index in [1.54, 1.807) is 14.1 Å². The highest BCUT2D eigenvalue weighted by atomic mass is 16.7. The molecule has 6 heteroatoms. The molecule has 0 unspecified atom stereocenters. The summed E-state index contributed by atoms with van der Waals surface area (Å²) in [6.07, 6.45) is 1.58. The van der Waals surface area contributed by atoms with Crippen molar-refractivity contribution in [2.75, 3.05) is 20.9 Å². The van der Waals surface area contributed by atoms with Crippen LogP contribution in [0.1, 0.15) is 16.8 Å². The molecule has 104 valence electrons. The zero-order valence-corrected chi connectivity index (χ0v) is 11.7. The van der Waals surface area contributed by atoms with Crippen LogP contribution in [-0.4, -0.2) is 31.9 Å². The molecular weight excluding hydrogens is 248 g/mol. The van der Waals surface area contributed by atoms with Crippen molar-refractivity contribution in [2.24, 2.45) is 7.05 Å². The monoisotopic (exact) mass is 267 g/mol. The van der Waals surface area contributed by atoms with Crippen LogP contribution in [0.4, 0.5) is 4.79 Å². The van der Waals surface area contributed by atoms with Gasteiger partial charge < -0.3 is 19.1 Å².